The third-order valence-corrected chi connectivity index (χ3v) is 5.01. The van der Waals surface area contributed by atoms with Gasteiger partial charge in [0.25, 0.3) is 5.69 Å². The van der Waals surface area contributed by atoms with Gasteiger partial charge in [0.05, 0.1) is 36.9 Å². The molecule has 1 N–H and O–H groups in total. The number of para-hydroxylation sites is 2. The van der Waals surface area contributed by atoms with E-state index in [1.54, 1.807) is 0 Å². The first-order chi connectivity index (χ1) is 15.0. The smallest absolute Gasteiger partial charge is 0.273 e. The minimum Gasteiger partial charge on any atom is -0.494 e. The van der Waals surface area contributed by atoms with E-state index in [4.69, 9.17) is 14.2 Å². The van der Waals surface area contributed by atoms with Crippen LogP contribution in [0.5, 0.6) is 17.2 Å². The van der Waals surface area contributed by atoms with E-state index in [2.05, 4.69) is 10.2 Å². The normalized spacial score (nSPS) is 14.6. The van der Waals surface area contributed by atoms with Crippen molar-refractivity contribution in [3.05, 3.63) is 52.6 Å². The van der Waals surface area contributed by atoms with Crippen LogP contribution < -0.4 is 19.5 Å². The summed E-state index contributed by atoms with van der Waals surface area (Å²) in [5.41, 5.74) is 0.312. The van der Waals surface area contributed by atoms with Gasteiger partial charge in [-0.2, -0.15) is 0 Å². The average molecular weight is 429 g/mol. The quantitative estimate of drug-likeness (QED) is 0.481. The van der Waals surface area contributed by atoms with Gasteiger partial charge in [-0.25, -0.2) is 0 Å². The van der Waals surface area contributed by atoms with E-state index in [1.165, 1.54) is 25.3 Å². The van der Waals surface area contributed by atoms with Crippen molar-refractivity contribution in [3.8, 4) is 17.2 Å². The topological polar surface area (TPSA) is 103 Å². The third kappa shape index (κ3) is 6.08. The van der Waals surface area contributed by atoms with E-state index in [1.807, 2.05) is 31.2 Å². The number of non-ortho nitro benzene ring substituents is 1. The van der Waals surface area contributed by atoms with E-state index < -0.39 is 4.92 Å². The summed E-state index contributed by atoms with van der Waals surface area (Å²) in [6, 6.07) is 11.7. The largest absolute Gasteiger partial charge is 0.494 e. The molecule has 0 radical (unpaired) electrons. The Morgan fingerprint density at radius 2 is 1.87 bits per heavy atom. The lowest BCUT2D eigenvalue weighted by Crippen LogP contribution is -2.42. The second-order valence-corrected chi connectivity index (χ2v) is 7.16. The van der Waals surface area contributed by atoms with Crippen molar-refractivity contribution in [2.45, 2.75) is 25.9 Å². The van der Waals surface area contributed by atoms with E-state index in [-0.39, 0.29) is 30.0 Å². The van der Waals surface area contributed by atoms with Gasteiger partial charge in [0.2, 0.25) is 5.91 Å². The minimum absolute atomic E-state index is 0.0654. The molecule has 9 nitrogen and oxygen atoms in total. The summed E-state index contributed by atoms with van der Waals surface area (Å²) in [7, 11) is 1.41. The van der Waals surface area contributed by atoms with Crippen molar-refractivity contribution in [3.63, 3.8) is 0 Å². The van der Waals surface area contributed by atoms with Gasteiger partial charge in [0.1, 0.15) is 11.9 Å². The van der Waals surface area contributed by atoms with Crippen LogP contribution in [0.15, 0.2) is 42.5 Å². The number of nitrogens with zero attached hydrogens (tertiary/aromatic N) is 2. The van der Waals surface area contributed by atoms with Crippen molar-refractivity contribution in [2.75, 3.05) is 38.7 Å². The number of piperidine rings is 1. The number of carbonyl (C=O) groups is 1. The molecule has 2 aromatic rings. The summed E-state index contributed by atoms with van der Waals surface area (Å²) < 4.78 is 16.9. The Morgan fingerprint density at radius 1 is 1.16 bits per heavy atom. The fourth-order valence-corrected chi connectivity index (χ4v) is 3.48. The van der Waals surface area contributed by atoms with Crippen molar-refractivity contribution in [1.29, 1.82) is 0 Å². The highest BCUT2D eigenvalue weighted by atomic mass is 16.6. The number of nitro benzene ring substituents is 1. The van der Waals surface area contributed by atoms with E-state index in [0.717, 1.165) is 37.4 Å². The Bertz CT molecular complexity index is 912. The van der Waals surface area contributed by atoms with Gasteiger partial charge in [0, 0.05) is 19.2 Å². The second kappa shape index (κ2) is 10.6. The van der Waals surface area contributed by atoms with Crippen LogP contribution in [0.1, 0.15) is 19.8 Å². The first kappa shape index (κ1) is 22.4. The third-order valence-electron chi connectivity index (χ3n) is 5.01. The van der Waals surface area contributed by atoms with Crippen molar-refractivity contribution >= 4 is 17.3 Å². The molecule has 2 aromatic carbocycles. The lowest BCUT2D eigenvalue weighted by molar-refractivity contribution is -0.384. The second-order valence-electron chi connectivity index (χ2n) is 7.16. The Morgan fingerprint density at radius 3 is 2.52 bits per heavy atom. The Balaban J connectivity index is 1.50. The SMILES string of the molecule is CCOc1ccccc1OC1CCN(CC(=O)Nc2ccc([N+](=O)[O-])cc2OC)CC1. The number of ether oxygens (including phenoxy) is 3. The predicted molar refractivity (Wildman–Crippen MR) is 116 cm³/mol. The highest BCUT2D eigenvalue weighted by Gasteiger charge is 2.23. The maximum atomic E-state index is 12.5. The molecule has 9 heteroatoms. The van der Waals surface area contributed by atoms with Crippen LogP contribution in [-0.4, -0.2) is 55.2 Å². The summed E-state index contributed by atoms with van der Waals surface area (Å²) in [5, 5.41) is 13.7. The molecule has 31 heavy (non-hydrogen) atoms. The number of hydrogen-bond donors (Lipinski definition) is 1. The number of rotatable bonds is 9. The minimum atomic E-state index is -0.507. The molecule has 1 aliphatic rings. The number of nitrogens with one attached hydrogen (secondary N) is 1. The molecule has 0 aliphatic carbocycles. The molecule has 166 valence electrons. The number of hydrogen-bond acceptors (Lipinski definition) is 7. The lowest BCUT2D eigenvalue weighted by Gasteiger charge is -2.32. The molecule has 0 aromatic heterocycles. The standard InChI is InChI=1S/C22H27N3O6/c1-3-30-19-6-4-5-7-20(19)31-17-10-12-24(13-11-17)15-22(26)23-18-9-8-16(25(27)28)14-21(18)29-2/h4-9,14,17H,3,10-13,15H2,1-2H3,(H,23,26). The van der Waals surface area contributed by atoms with Crippen molar-refractivity contribution in [2.24, 2.45) is 0 Å². The van der Waals surface area contributed by atoms with Crippen LogP contribution in [0.2, 0.25) is 0 Å². The molecule has 0 bridgehead atoms. The predicted octanol–water partition coefficient (Wildman–Crippen LogP) is 3.48. The van der Waals surface area contributed by atoms with Gasteiger partial charge < -0.3 is 19.5 Å². The molecule has 0 spiro atoms. The fraction of sp³-hybridized carbons (Fsp3) is 0.409. The van der Waals surface area contributed by atoms with Crippen LogP contribution >= 0.6 is 0 Å². The van der Waals surface area contributed by atoms with Gasteiger partial charge in [0.15, 0.2) is 11.5 Å². The first-order valence-electron chi connectivity index (χ1n) is 10.2. The number of methoxy groups -OCH3 is 1. The Hall–Kier alpha value is -3.33. The van der Waals surface area contributed by atoms with E-state index in [9.17, 15) is 14.9 Å². The molecular formula is C22H27N3O6. The number of benzene rings is 2. The van der Waals surface area contributed by atoms with Gasteiger partial charge in [-0.15, -0.1) is 0 Å². The molecule has 0 saturated carbocycles. The Kier molecular flexibility index (Phi) is 7.66. The lowest BCUT2D eigenvalue weighted by atomic mass is 10.1. The number of nitro groups is 1. The van der Waals surface area contributed by atoms with Crippen molar-refractivity contribution in [1.82, 2.24) is 4.90 Å². The van der Waals surface area contributed by atoms with E-state index in [0.29, 0.717) is 12.3 Å². The number of carbonyl (C=O) groups excluding carboxylic acids is 1. The number of anilines is 1. The molecule has 0 unspecified atom stereocenters. The van der Waals surface area contributed by atoms with Crippen LogP contribution in [0, 0.1) is 10.1 Å². The van der Waals surface area contributed by atoms with E-state index >= 15 is 0 Å². The zero-order chi connectivity index (χ0) is 22.2. The molecule has 1 aliphatic heterocycles. The molecule has 3 rings (SSSR count). The summed E-state index contributed by atoms with van der Waals surface area (Å²) in [6.07, 6.45) is 1.67. The maximum absolute atomic E-state index is 12.5. The summed E-state index contributed by atoms with van der Waals surface area (Å²) in [6.45, 7) is 4.20. The average Bonchev–Trinajstić information content (AvgIpc) is 2.76. The van der Waals surface area contributed by atoms with Crippen molar-refractivity contribution < 1.29 is 23.9 Å². The first-order valence-corrected chi connectivity index (χ1v) is 10.2. The number of amides is 1. The zero-order valence-corrected chi connectivity index (χ0v) is 17.7. The van der Waals surface area contributed by atoms with Gasteiger partial charge in [-0.3, -0.25) is 19.8 Å². The summed E-state index contributed by atoms with van der Waals surface area (Å²) >= 11 is 0. The van der Waals surface area contributed by atoms with Gasteiger partial charge in [-0.05, 0) is 38.0 Å². The number of likely N-dealkylation sites (tertiary alicyclic amines) is 1. The molecule has 1 fully saturated rings. The zero-order valence-electron chi connectivity index (χ0n) is 17.7. The fourth-order valence-electron chi connectivity index (χ4n) is 3.48. The molecule has 1 amide bonds. The summed E-state index contributed by atoms with van der Waals surface area (Å²) in [4.78, 5) is 24.9. The highest BCUT2D eigenvalue weighted by Crippen LogP contribution is 2.30. The Labute approximate surface area is 181 Å². The molecule has 1 heterocycles. The van der Waals surface area contributed by atoms with Gasteiger partial charge >= 0.3 is 0 Å². The molecule has 1 saturated heterocycles. The summed E-state index contributed by atoms with van der Waals surface area (Å²) in [5.74, 6) is 1.53. The van der Waals surface area contributed by atoms with Crippen LogP contribution in [0.25, 0.3) is 0 Å². The maximum Gasteiger partial charge on any atom is 0.273 e. The van der Waals surface area contributed by atoms with Gasteiger partial charge in [-0.1, -0.05) is 12.1 Å². The van der Waals surface area contributed by atoms with Crippen LogP contribution in [0.3, 0.4) is 0 Å². The molecular weight excluding hydrogens is 402 g/mol. The highest BCUT2D eigenvalue weighted by molar-refractivity contribution is 5.93. The molecule has 0 atom stereocenters. The monoisotopic (exact) mass is 429 g/mol. The van der Waals surface area contributed by atoms with Crippen LogP contribution in [0.4, 0.5) is 11.4 Å². The van der Waals surface area contributed by atoms with Crippen LogP contribution in [-0.2, 0) is 4.79 Å².